The minimum Gasteiger partial charge on any atom is -0.368 e. The summed E-state index contributed by atoms with van der Waals surface area (Å²) in [4.78, 5) is 14.1. The Morgan fingerprint density at radius 3 is 2.23 bits per heavy atom. The number of halogens is 2. The molecule has 1 fully saturated rings. The van der Waals surface area contributed by atoms with Crippen LogP contribution in [0.2, 0.25) is 0 Å². The van der Waals surface area contributed by atoms with Crippen molar-refractivity contribution in [2.75, 3.05) is 61.4 Å². The number of anilines is 1. The molecule has 1 aliphatic rings. The predicted molar refractivity (Wildman–Crippen MR) is 124 cm³/mol. The van der Waals surface area contributed by atoms with E-state index in [1.807, 2.05) is 0 Å². The van der Waals surface area contributed by atoms with Crippen molar-refractivity contribution in [1.82, 2.24) is 9.21 Å². The highest BCUT2D eigenvalue weighted by atomic mass is 79.9. The van der Waals surface area contributed by atoms with Crippen LogP contribution in [-0.2, 0) is 10.0 Å². The van der Waals surface area contributed by atoms with E-state index < -0.39 is 26.9 Å². The Labute approximate surface area is 198 Å². The second-order valence-corrected chi connectivity index (χ2v) is 10.3. The summed E-state index contributed by atoms with van der Waals surface area (Å²) >= 11 is 6.71. The van der Waals surface area contributed by atoms with Gasteiger partial charge in [-0.1, -0.05) is 37.8 Å². The molecule has 1 aromatic rings. The van der Waals surface area contributed by atoms with Crippen LogP contribution >= 0.6 is 31.9 Å². The van der Waals surface area contributed by atoms with Crippen molar-refractivity contribution in [3.8, 4) is 12.3 Å². The number of benzene rings is 1. The Kier molecular flexibility index (Phi) is 9.68. The molecule has 10 nitrogen and oxygen atoms in total. The van der Waals surface area contributed by atoms with Gasteiger partial charge in [0.2, 0.25) is 10.0 Å². The van der Waals surface area contributed by atoms with Crippen LogP contribution in [0.25, 0.3) is 0 Å². The van der Waals surface area contributed by atoms with Gasteiger partial charge in [-0.2, -0.15) is 4.31 Å². The summed E-state index contributed by atoms with van der Waals surface area (Å²) in [5.41, 5.74) is 0.00636. The van der Waals surface area contributed by atoms with Gasteiger partial charge in [0.15, 0.2) is 6.29 Å². The second-order valence-electron chi connectivity index (χ2n) is 6.79. The van der Waals surface area contributed by atoms with Crippen molar-refractivity contribution in [2.45, 2.75) is 11.2 Å². The van der Waals surface area contributed by atoms with Crippen molar-refractivity contribution in [3.63, 3.8) is 0 Å². The lowest BCUT2D eigenvalue weighted by Gasteiger charge is -2.35. The summed E-state index contributed by atoms with van der Waals surface area (Å²) in [6, 6.07) is 2.27. The van der Waals surface area contributed by atoms with Gasteiger partial charge in [-0.15, -0.1) is 6.42 Å². The van der Waals surface area contributed by atoms with Gasteiger partial charge in [0.1, 0.15) is 4.90 Å². The fraction of sp³-hybridized carbons (Fsp3) is 0.556. The molecule has 1 saturated heterocycles. The van der Waals surface area contributed by atoms with Gasteiger partial charge in [-0.25, -0.2) is 8.42 Å². The SMILES string of the molecule is C#Cc1cc([N+](=O)[O-])cc(S(=O)(=O)N2CCN(CC(O)O)CC2)c1N(CCBr)CCBr. The molecule has 0 spiro atoms. The first-order chi connectivity index (χ1) is 14.6. The zero-order valence-electron chi connectivity index (χ0n) is 16.7. The Hall–Kier alpha value is -1.27. The Bertz CT molecular complexity index is 924. The highest BCUT2D eigenvalue weighted by molar-refractivity contribution is 9.09. The molecule has 1 aromatic carbocycles. The number of aliphatic hydroxyl groups is 2. The molecule has 31 heavy (non-hydrogen) atoms. The van der Waals surface area contributed by atoms with Crippen LogP contribution in [0.15, 0.2) is 17.0 Å². The van der Waals surface area contributed by atoms with Crippen molar-refractivity contribution >= 4 is 53.3 Å². The third kappa shape index (κ3) is 6.38. The van der Waals surface area contributed by atoms with Crippen LogP contribution < -0.4 is 4.90 Å². The molecule has 0 aliphatic carbocycles. The van der Waals surface area contributed by atoms with E-state index in [0.29, 0.717) is 36.8 Å². The van der Waals surface area contributed by atoms with Crippen molar-refractivity contribution < 1.29 is 23.6 Å². The lowest BCUT2D eigenvalue weighted by Crippen LogP contribution is -2.50. The maximum Gasteiger partial charge on any atom is 0.272 e. The van der Waals surface area contributed by atoms with E-state index in [2.05, 4.69) is 37.8 Å². The quantitative estimate of drug-likeness (QED) is 0.136. The number of hydrogen-bond acceptors (Lipinski definition) is 8. The number of hydrogen-bond donors (Lipinski definition) is 2. The largest absolute Gasteiger partial charge is 0.368 e. The van der Waals surface area contributed by atoms with Crippen LogP contribution in [0.4, 0.5) is 11.4 Å². The van der Waals surface area contributed by atoms with Crippen LogP contribution in [-0.4, -0.2) is 95.5 Å². The third-order valence-corrected chi connectivity index (χ3v) is 7.44. The number of terminal acetylenes is 1. The first-order valence-electron chi connectivity index (χ1n) is 9.40. The standard InChI is InChI=1S/C18H24Br2N4O6S/c1-2-14-11-15(24(27)28)12-16(18(14)22(5-3-19)6-4-20)31(29,30)23-9-7-21(8-10-23)13-17(25)26/h1,11-12,17,25-26H,3-10,13H2. The normalized spacial score (nSPS) is 15.7. The van der Waals surface area contributed by atoms with E-state index in [9.17, 15) is 18.5 Å². The molecule has 0 amide bonds. The Morgan fingerprint density at radius 2 is 1.77 bits per heavy atom. The Balaban J connectivity index is 2.55. The molecule has 13 heteroatoms. The topological polar surface area (TPSA) is 127 Å². The minimum absolute atomic E-state index is 0.0153. The molecular weight excluding hydrogens is 560 g/mol. The molecule has 0 bridgehead atoms. The summed E-state index contributed by atoms with van der Waals surface area (Å²) in [5, 5.41) is 30.8. The molecule has 2 N–H and O–H groups in total. The summed E-state index contributed by atoms with van der Waals surface area (Å²) in [7, 11) is -4.11. The van der Waals surface area contributed by atoms with E-state index in [4.69, 9.17) is 16.6 Å². The van der Waals surface area contributed by atoms with E-state index in [1.54, 1.807) is 9.80 Å². The molecular formula is C18H24Br2N4O6S. The third-order valence-electron chi connectivity index (χ3n) is 4.82. The van der Waals surface area contributed by atoms with Gasteiger partial charge < -0.3 is 15.1 Å². The van der Waals surface area contributed by atoms with E-state index >= 15 is 0 Å². The van der Waals surface area contributed by atoms with Crippen molar-refractivity contribution in [1.29, 1.82) is 0 Å². The molecule has 1 heterocycles. The number of non-ortho nitro benzene ring substituents is 1. The van der Waals surface area contributed by atoms with Crippen LogP contribution in [0.1, 0.15) is 5.56 Å². The maximum atomic E-state index is 13.6. The summed E-state index contributed by atoms with van der Waals surface area (Å²) < 4.78 is 28.4. The number of alkyl halides is 2. The number of aliphatic hydroxyl groups excluding tert-OH is 1. The lowest BCUT2D eigenvalue weighted by molar-refractivity contribution is -0.385. The summed E-state index contributed by atoms with van der Waals surface area (Å²) in [6.07, 6.45) is 4.11. The number of nitro groups is 1. The lowest BCUT2D eigenvalue weighted by atomic mass is 10.1. The van der Waals surface area contributed by atoms with Gasteiger partial charge in [0.25, 0.3) is 5.69 Å². The van der Waals surface area contributed by atoms with Crippen LogP contribution in [0.3, 0.4) is 0 Å². The zero-order valence-corrected chi connectivity index (χ0v) is 20.6. The smallest absolute Gasteiger partial charge is 0.272 e. The van der Waals surface area contributed by atoms with Gasteiger partial charge in [-0.3, -0.25) is 15.0 Å². The molecule has 0 aromatic heterocycles. The zero-order chi connectivity index (χ0) is 23.2. The average molecular weight is 584 g/mol. The maximum absolute atomic E-state index is 13.6. The number of piperazine rings is 1. The van der Waals surface area contributed by atoms with Gasteiger partial charge in [-0.05, 0) is 0 Å². The monoisotopic (exact) mass is 582 g/mol. The van der Waals surface area contributed by atoms with Gasteiger partial charge in [0.05, 0.1) is 16.2 Å². The van der Waals surface area contributed by atoms with E-state index in [0.717, 1.165) is 6.07 Å². The summed E-state index contributed by atoms with van der Waals surface area (Å²) in [5.74, 6) is 2.41. The number of rotatable bonds is 10. The Morgan fingerprint density at radius 1 is 1.19 bits per heavy atom. The van der Waals surface area contributed by atoms with E-state index in [1.165, 1.54) is 10.4 Å². The average Bonchev–Trinajstić information content (AvgIpc) is 2.72. The van der Waals surface area contributed by atoms with Gasteiger partial charge >= 0.3 is 0 Å². The number of sulfonamides is 1. The molecule has 1 aliphatic heterocycles. The van der Waals surface area contributed by atoms with Crippen LogP contribution in [0, 0.1) is 22.5 Å². The van der Waals surface area contributed by atoms with Crippen molar-refractivity contribution in [3.05, 3.63) is 27.8 Å². The summed E-state index contributed by atoms with van der Waals surface area (Å²) in [6.45, 7) is 1.73. The number of nitrogens with zero attached hydrogens (tertiary/aromatic N) is 4. The molecule has 0 radical (unpaired) electrons. The number of nitro benzene ring substituents is 1. The molecule has 172 valence electrons. The first-order valence-corrected chi connectivity index (χ1v) is 13.1. The highest BCUT2D eigenvalue weighted by Crippen LogP contribution is 2.35. The molecule has 0 atom stereocenters. The van der Waals surface area contributed by atoms with Crippen LogP contribution in [0.5, 0.6) is 0 Å². The number of β-amino-alcohol motifs (C(OH)–C–C–N with tert-alkyl or cyclic N) is 2. The van der Waals surface area contributed by atoms with E-state index in [-0.39, 0.29) is 35.8 Å². The second kappa shape index (κ2) is 11.6. The molecule has 0 saturated carbocycles. The fourth-order valence-electron chi connectivity index (χ4n) is 3.39. The molecule has 2 rings (SSSR count). The first kappa shape index (κ1) is 26.0. The fourth-order valence-corrected chi connectivity index (χ4v) is 5.92. The van der Waals surface area contributed by atoms with Crippen molar-refractivity contribution in [2.24, 2.45) is 0 Å². The highest BCUT2D eigenvalue weighted by Gasteiger charge is 2.34. The molecule has 0 unspecified atom stereocenters. The van der Waals surface area contributed by atoms with Gasteiger partial charge in [0, 0.05) is 68.6 Å². The predicted octanol–water partition coefficient (Wildman–Crippen LogP) is 0.789. The minimum atomic E-state index is -4.11.